The van der Waals surface area contributed by atoms with E-state index in [9.17, 15) is 4.79 Å². The molecule has 0 atom stereocenters. The van der Waals surface area contributed by atoms with Gasteiger partial charge in [0.15, 0.2) is 0 Å². The minimum absolute atomic E-state index is 0.192. The zero-order chi connectivity index (χ0) is 11.0. The summed E-state index contributed by atoms with van der Waals surface area (Å²) in [5.41, 5.74) is 1.58. The van der Waals surface area contributed by atoms with E-state index in [0.717, 1.165) is 4.47 Å². The standard InChI is InChI=1S/C10H9BrN2O2/c1-5-10(14)13-9-7(12-5)3-6(11)4-8(9)15-2/h3-4H,1-2H3,(H,13,14). The summed E-state index contributed by atoms with van der Waals surface area (Å²) >= 11 is 3.36. The Hall–Kier alpha value is -1.36. The fourth-order valence-electron chi connectivity index (χ4n) is 1.38. The number of benzene rings is 1. The molecule has 78 valence electrons. The van der Waals surface area contributed by atoms with Crippen molar-refractivity contribution in [1.29, 1.82) is 0 Å². The second-order valence-corrected chi connectivity index (χ2v) is 4.07. The van der Waals surface area contributed by atoms with Crippen molar-refractivity contribution in [2.24, 2.45) is 0 Å². The number of hydrogen-bond acceptors (Lipinski definition) is 3. The topological polar surface area (TPSA) is 55.0 Å². The number of rotatable bonds is 1. The predicted octanol–water partition coefficient (Wildman–Crippen LogP) is 2.00. The Bertz CT molecular complexity index is 577. The van der Waals surface area contributed by atoms with Crippen molar-refractivity contribution >= 4 is 27.0 Å². The van der Waals surface area contributed by atoms with E-state index < -0.39 is 0 Å². The smallest absolute Gasteiger partial charge is 0.269 e. The summed E-state index contributed by atoms with van der Waals surface area (Å²) in [4.78, 5) is 18.3. The lowest BCUT2D eigenvalue weighted by Crippen LogP contribution is -2.11. The highest BCUT2D eigenvalue weighted by atomic mass is 79.9. The number of nitrogens with one attached hydrogen (secondary N) is 1. The molecule has 0 unspecified atom stereocenters. The fraction of sp³-hybridized carbons (Fsp3) is 0.200. The van der Waals surface area contributed by atoms with Gasteiger partial charge in [0.25, 0.3) is 5.56 Å². The van der Waals surface area contributed by atoms with Crippen molar-refractivity contribution in [3.8, 4) is 5.75 Å². The molecule has 1 heterocycles. The van der Waals surface area contributed by atoms with Crippen LogP contribution < -0.4 is 10.3 Å². The molecule has 0 aliphatic heterocycles. The van der Waals surface area contributed by atoms with Crippen LogP contribution in [0.1, 0.15) is 5.69 Å². The molecule has 0 saturated heterocycles. The van der Waals surface area contributed by atoms with Crippen molar-refractivity contribution in [1.82, 2.24) is 9.97 Å². The zero-order valence-corrected chi connectivity index (χ0v) is 9.88. The van der Waals surface area contributed by atoms with Crippen LogP contribution in [0.3, 0.4) is 0 Å². The molecule has 2 aromatic rings. The third-order valence-electron chi connectivity index (χ3n) is 2.12. The van der Waals surface area contributed by atoms with Crippen molar-refractivity contribution in [2.45, 2.75) is 6.92 Å². The van der Waals surface area contributed by atoms with E-state index in [1.54, 1.807) is 20.1 Å². The summed E-state index contributed by atoms with van der Waals surface area (Å²) in [7, 11) is 1.55. The predicted molar refractivity (Wildman–Crippen MR) is 61.4 cm³/mol. The number of halogens is 1. The Morgan fingerprint density at radius 3 is 2.87 bits per heavy atom. The minimum Gasteiger partial charge on any atom is -0.494 e. The Balaban J connectivity index is 2.91. The number of aryl methyl sites for hydroxylation is 1. The molecule has 1 aromatic carbocycles. The maximum absolute atomic E-state index is 11.4. The number of aromatic amines is 1. The minimum atomic E-state index is -0.192. The molecular formula is C10H9BrN2O2. The zero-order valence-electron chi connectivity index (χ0n) is 8.30. The van der Waals surface area contributed by atoms with Crippen molar-refractivity contribution in [3.05, 3.63) is 32.7 Å². The van der Waals surface area contributed by atoms with Crippen molar-refractivity contribution in [2.75, 3.05) is 7.11 Å². The normalized spacial score (nSPS) is 10.6. The van der Waals surface area contributed by atoms with Crippen LogP contribution in [-0.2, 0) is 0 Å². The average Bonchev–Trinajstić information content (AvgIpc) is 2.19. The lowest BCUT2D eigenvalue weighted by atomic mass is 10.2. The van der Waals surface area contributed by atoms with Crippen molar-refractivity contribution < 1.29 is 4.74 Å². The SMILES string of the molecule is COc1cc(Br)cc2nc(C)c(=O)[nH]c12. The maximum atomic E-state index is 11.4. The largest absolute Gasteiger partial charge is 0.494 e. The van der Waals surface area contributed by atoms with Crippen LogP contribution >= 0.6 is 15.9 Å². The molecule has 1 N–H and O–H groups in total. The first-order valence-corrected chi connectivity index (χ1v) is 5.15. The quantitative estimate of drug-likeness (QED) is 0.861. The molecular weight excluding hydrogens is 260 g/mol. The van der Waals surface area contributed by atoms with E-state index in [-0.39, 0.29) is 5.56 Å². The molecule has 15 heavy (non-hydrogen) atoms. The summed E-state index contributed by atoms with van der Waals surface area (Å²) in [5, 5.41) is 0. The molecule has 4 nitrogen and oxygen atoms in total. The molecule has 0 radical (unpaired) electrons. The highest BCUT2D eigenvalue weighted by Crippen LogP contribution is 2.26. The van der Waals surface area contributed by atoms with E-state index in [1.807, 2.05) is 6.07 Å². The molecule has 1 aromatic heterocycles. The molecule has 0 saturated carbocycles. The summed E-state index contributed by atoms with van der Waals surface area (Å²) in [6.45, 7) is 1.67. The summed E-state index contributed by atoms with van der Waals surface area (Å²) in [6.07, 6.45) is 0. The third kappa shape index (κ3) is 1.74. The van der Waals surface area contributed by atoms with Gasteiger partial charge < -0.3 is 9.72 Å². The van der Waals surface area contributed by atoms with Crippen LogP contribution in [0, 0.1) is 6.92 Å². The van der Waals surface area contributed by atoms with Gasteiger partial charge in [-0.25, -0.2) is 4.98 Å². The molecule has 0 amide bonds. The van der Waals surface area contributed by atoms with Gasteiger partial charge in [0.2, 0.25) is 0 Å². The monoisotopic (exact) mass is 268 g/mol. The van der Waals surface area contributed by atoms with Crippen LogP contribution in [0.4, 0.5) is 0 Å². The van der Waals surface area contributed by atoms with Crippen LogP contribution in [0.2, 0.25) is 0 Å². The number of ether oxygens (including phenoxy) is 1. The second kappa shape index (κ2) is 3.66. The van der Waals surface area contributed by atoms with E-state index in [0.29, 0.717) is 22.5 Å². The van der Waals surface area contributed by atoms with Crippen LogP contribution in [0.25, 0.3) is 11.0 Å². The first-order chi connectivity index (χ1) is 7.11. The van der Waals surface area contributed by atoms with Gasteiger partial charge in [-0.2, -0.15) is 0 Å². The highest BCUT2D eigenvalue weighted by Gasteiger charge is 2.07. The van der Waals surface area contributed by atoms with Gasteiger partial charge in [-0.3, -0.25) is 4.79 Å². The first kappa shape index (κ1) is 10.2. The molecule has 0 spiro atoms. The number of nitrogens with zero attached hydrogens (tertiary/aromatic N) is 1. The number of H-pyrrole nitrogens is 1. The van der Waals surface area contributed by atoms with E-state index in [2.05, 4.69) is 25.9 Å². The van der Waals surface area contributed by atoms with E-state index >= 15 is 0 Å². The van der Waals surface area contributed by atoms with Gasteiger partial charge in [0.1, 0.15) is 17.0 Å². The molecule has 0 aliphatic carbocycles. The lowest BCUT2D eigenvalue weighted by molar-refractivity contribution is 0.418. The second-order valence-electron chi connectivity index (χ2n) is 3.15. The summed E-state index contributed by atoms with van der Waals surface area (Å²) in [5.74, 6) is 0.601. The van der Waals surface area contributed by atoms with Crippen LogP contribution in [0.5, 0.6) is 5.75 Å². The van der Waals surface area contributed by atoms with Gasteiger partial charge in [-0.15, -0.1) is 0 Å². The summed E-state index contributed by atoms with van der Waals surface area (Å²) in [6, 6.07) is 3.62. The van der Waals surface area contributed by atoms with Gasteiger partial charge in [0.05, 0.1) is 12.6 Å². The highest BCUT2D eigenvalue weighted by molar-refractivity contribution is 9.10. The molecule has 0 bridgehead atoms. The Labute approximate surface area is 94.4 Å². The Morgan fingerprint density at radius 1 is 1.47 bits per heavy atom. The van der Waals surface area contributed by atoms with E-state index in [1.165, 1.54) is 0 Å². The number of hydrogen-bond donors (Lipinski definition) is 1. The molecule has 0 fully saturated rings. The van der Waals surface area contributed by atoms with Crippen molar-refractivity contribution in [3.63, 3.8) is 0 Å². The third-order valence-corrected chi connectivity index (χ3v) is 2.58. The number of methoxy groups -OCH3 is 1. The average molecular weight is 269 g/mol. The van der Waals surface area contributed by atoms with E-state index in [4.69, 9.17) is 4.74 Å². The van der Waals surface area contributed by atoms with Gasteiger partial charge in [0, 0.05) is 4.47 Å². The number of aromatic nitrogens is 2. The van der Waals surface area contributed by atoms with Crippen LogP contribution in [-0.4, -0.2) is 17.1 Å². The molecule has 5 heteroatoms. The Morgan fingerprint density at radius 2 is 2.20 bits per heavy atom. The van der Waals surface area contributed by atoms with Gasteiger partial charge in [-0.1, -0.05) is 15.9 Å². The molecule has 0 aliphatic rings. The number of fused-ring (bicyclic) bond motifs is 1. The lowest BCUT2D eigenvalue weighted by Gasteiger charge is -2.05. The maximum Gasteiger partial charge on any atom is 0.269 e. The fourth-order valence-corrected chi connectivity index (χ4v) is 1.80. The van der Waals surface area contributed by atoms with Crippen LogP contribution in [0.15, 0.2) is 21.4 Å². The Kier molecular flexibility index (Phi) is 2.48. The van der Waals surface area contributed by atoms with Gasteiger partial charge >= 0.3 is 0 Å². The molecule has 2 rings (SSSR count). The first-order valence-electron chi connectivity index (χ1n) is 4.36. The van der Waals surface area contributed by atoms with Gasteiger partial charge in [-0.05, 0) is 19.1 Å². The summed E-state index contributed by atoms with van der Waals surface area (Å²) < 4.78 is 6.03.